The molecule has 1 N–H and O–H groups in total. The van der Waals surface area contributed by atoms with Crippen LogP contribution in [0.25, 0.3) is 0 Å². The highest BCUT2D eigenvalue weighted by Crippen LogP contribution is 2.28. The van der Waals surface area contributed by atoms with Crippen LogP contribution in [0.4, 0.5) is 4.39 Å². The molecule has 0 spiro atoms. The fourth-order valence-electron chi connectivity index (χ4n) is 2.38. The summed E-state index contributed by atoms with van der Waals surface area (Å²) in [5.41, 5.74) is 0. The lowest BCUT2D eigenvalue weighted by Crippen LogP contribution is -2.50. The van der Waals surface area contributed by atoms with Crippen LogP contribution >= 0.6 is 0 Å². The van der Waals surface area contributed by atoms with Gasteiger partial charge in [0, 0.05) is 12.1 Å². The first-order chi connectivity index (χ1) is 6.25. The summed E-state index contributed by atoms with van der Waals surface area (Å²) in [7, 11) is 0. The zero-order valence-electron chi connectivity index (χ0n) is 8.43. The molecule has 2 atom stereocenters. The van der Waals surface area contributed by atoms with Gasteiger partial charge in [0.15, 0.2) is 0 Å². The Labute approximate surface area is 80.1 Å². The molecule has 2 heteroatoms. The van der Waals surface area contributed by atoms with Crippen LogP contribution in [0.1, 0.15) is 45.4 Å². The van der Waals surface area contributed by atoms with E-state index in [0.29, 0.717) is 6.04 Å². The van der Waals surface area contributed by atoms with Gasteiger partial charge in [0.05, 0.1) is 0 Å². The summed E-state index contributed by atoms with van der Waals surface area (Å²) in [6, 6.07) is 0.804. The monoisotopic (exact) mass is 185 g/mol. The molecule has 0 unspecified atom stereocenters. The molecule has 0 saturated heterocycles. The maximum absolute atomic E-state index is 13.0. The van der Waals surface area contributed by atoms with E-state index in [1.54, 1.807) is 0 Å². The summed E-state index contributed by atoms with van der Waals surface area (Å²) in [6.07, 6.45) is 6.42. The molecule has 2 aliphatic rings. The van der Waals surface area contributed by atoms with Crippen LogP contribution in [0.5, 0.6) is 0 Å². The van der Waals surface area contributed by atoms with Crippen LogP contribution in [-0.2, 0) is 0 Å². The molecule has 2 saturated carbocycles. The minimum atomic E-state index is -0.556. The fraction of sp³-hybridized carbons (Fsp3) is 1.00. The largest absolute Gasteiger partial charge is 0.308 e. The summed E-state index contributed by atoms with van der Waals surface area (Å²) in [4.78, 5) is 0. The van der Waals surface area contributed by atoms with Crippen molar-refractivity contribution in [2.24, 2.45) is 5.92 Å². The molecular weight excluding hydrogens is 165 g/mol. The van der Waals surface area contributed by atoms with Gasteiger partial charge in [0.25, 0.3) is 0 Å². The summed E-state index contributed by atoms with van der Waals surface area (Å²) < 4.78 is 13.0. The molecular formula is C11H20FN. The molecule has 2 rings (SSSR count). The van der Waals surface area contributed by atoms with Gasteiger partial charge in [-0.05, 0) is 44.4 Å². The van der Waals surface area contributed by atoms with E-state index < -0.39 is 6.17 Å². The van der Waals surface area contributed by atoms with Crippen molar-refractivity contribution in [2.45, 2.75) is 63.7 Å². The van der Waals surface area contributed by atoms with Crippen LogP contribution in [0.15, 0.2) is 0 Å². The number of hydrogen-bond acceptors (Lipinski definition) is 1. The predicted molar refractivity (Wildman–Crippen MR) is 52.5 cm³/mol. The van der Waals surface area contributed by atoms with Gasteiger partial charge in [-0.15, -0.1) is 0 Å². The van der Waals surface area contributed by atoms with Crippen LogP contribution < -0.4 is 5.32 Å². The minimum absolute atomic E-state index is 0.193. The lowest BCUT2D eigenvalue weighted by molar-refractivity contribution is 0.121. The zero-order valence-corrected chi connectivity index (χ0v) is 8.43. The Balaban J connectivity index is 1.70. The average Bonchev–Trinajstić information content (AvgIpc) is 2.15. The van der Waals surface area contributed by atoms with Crippen molar-refractivity contribution < 1.29 is 4.39 Å². The highest BCUT2D eigenvalue weighted by atomic mass is 19.1. The Kier molecular flexibility index (Phi) is 2.87. The Morgan fingerprint density at radius 2 is 1.69 bits per heavy atom. The van der Waals surface area contributed by atoms with Crippen molar-refractivity contribution in [1.82, 2.24) is 5.32 Å². The van der Waals surface area contributed by atoms with Gasteiger partial charge in [-0.3, -0.25) is 0 Å². The third-order valence-corrected chi connectivity index (χ3v) is 3.66. The van der Waals surface area contributed by atoms with Crippen molar-refractivity contribution in [3.05, 3.63) is 0 Å². The Morgan fingerprint density at radius 3 is 2.15 bits per heavy atom. The normalized spacial score (nSPS) is 45.7. The van der Waals surface area contributed by atoms with Crippen molar-refractivity contribution in [3.8, 4) is 0 Å². The summed E-state index contributed by atoms with van der Waals surface area (Å²) in [5, 5.41) is 3.45. The lowest BCUT2D eigenvalue weighted by atomic mass is 9.84. The van der Waals surface area contributed by atoms with Crippen LogP contribution in [0.2, 0.25) is 0 Å². The number of alkyl halides is 1. The van der Waals surface area contributed by atoms with Gasteiger partial charge in [0.2, 0.25) is 0 Å². The molecule has 2 fully saturated rings. The van der Waals surface area contributed by atoms with E-state index in [4.69, 9.17) is 0 Å². The minimum Gasteiger partial charge on any atom is -0.308 e. The average molecular weight is 185 g/mol. The molecule has 0 radical (unpaired) electrons. The van der Waals surface area contributed by atoms with E-state index in [0.717, 1.165) is 18.8 Å². The van der Waals surface area contributed by atoms with Gasteiger partial charge in [-0.25, -0.2) is 4.39 Å². The second kappa shape index (κ2) is 3.95. The molecule has 76 valence electrons. The predicted octanol–water partition coefficient (Wildman–Crippen LogP) is 2.66. The number of rotatable bonds is 2. The van der Waals surface area contributed by atoms with E-state index in [2.05, 4.69) is 12.2 Å². The van der Waals surface area contributed by atoms with Crippen molar-refractivity contribution >= 4 is 0 Å². The molecule has 13 heavy (non-hydrogen) atoms. The van der Waals surface area contributed by atoms with Crippen LogP contribution in [-0.4, -0.2) is 18.3 Å². The Morgan fingerprint density at radius 1 is 1.00 bits per heavy atom. The third kappa shape index (κ3) is 2.22. The number of hydrogen-bond donors (Lipinski definition) is 1. The molecule has 0 heterocycles. The van der Waals surface area contributed by atoms with E-state index >= 15 is 0 Å². The first kappa shape index (κ1) is 9.45. The second-order valence-electron chi connectivity index (χ2n) is 4.82. The van der Waals surface area contributed by atoms with Gasteiger partial charge in [0.1, 0.15) is 6.17 Å². The van der Waals surface area contributed by atoms with Gasteiger partial charge < -0.3 is 5.32 Å². The van der Waals surface area contributed by atoms with Crippen molar-refractivity contribution in [2.75, 3.05) is 0 Å². The molecule has 0 aliphatic heterocycles. The fourth-order valence-corrected chi connectivity index (χ4v) is 2.38. The summed E-state index contributed by atoms with van der Waals surface area (Å²) in [5.74, 6) is 0.889. The lowest BCUT2D eigenvalue weighted by Gasteiger charge is -2.37. The van der Waals surface area contributed by atoms with E-state index in [-0.39, 0.29) is 6.04 Å². The molecule has 0 aromatic carbocycles. The number of halogens is 1. The van der Waals surface area contributed by atoms with Gasteiger partial charge in [-0.2, -0.15) is 0 Å². The molecule has 1 nitrogen and oxygen atoms in total. The van der Waals surface area contributed by atoms with E-state index in [1.807, 2.05) is 0 Å². The first-order valence-electron chi connectivity index (χ1n) is 5.66. The highest BCUT2D eigenvalue weighted by Gasteiger charge is 2.32. The van der Waals surface area contributed by atoms with E-state index in [9.17, 15) is 4.39 Å². The van der Waals surface area contributed by atoms with Crippen LogP contribution in [0, 0.1) is 5.92 Å². The SMILES string of the molecule is CC1CCC(N[C@@H]2CC[C@H]2F)CC1. The second-order valence-corrected chi connectivity index (χ2v) is 4.82. The molecule has 0 bridgehead atoms. The van der Waals surface area contributed by atoms with Crippen molar-refractivity contribution in [1.29, 1.82) is 0 Å². The quantitative estimate of drug-likeness (QED) is 0.697. The highest BCUT2D eigenvalue weighted by molar-refractivity contribution is 4.90. The molecule has 0 amide bonds. The van der Waals surface area contributed by atoms with E-state index in [1.165, 1.54) is 25.7 Å². The maximum atomic E-state index is 13.0. The Bertz CT molecular complexity index is 163. The topological polar surface area (TPSA) is 12.0 Å². The zero-order chi connectivity index (χ0) is 9.26. The van der Waals surface area contributed by atoms with Crippen LogP contribution in [0.3, 0.4) is 0 Å². The first-order valence-corrected chi connectivity index (χ1v) is 5.66. The third-order valence-electron chi connectivity index (χ3n) is 3.66. The smallest absolute Gasteiger partial charge is 0.115 e. The van der Waals surface area contributed by atoms with Gasteiger partial charge in [-0.1, -0.05) is 6.92 Å². The molecule has 0 aromatic heterocycles. The van der Waals surface area contributed by atoms with Gasteiger partial charge >= 0.3 is 0 Å². The maximum Gasteiger partial charge on any atom is 0.115 e. The number of nitrogens with one attached hydrogen (secondary N) is 1. The van der Waals surface area contributed by atoms with Crippen molar-refractivity contribution in [3.63, 3.8) is 0 Å². The standard InChI is InChI=1S/C11H20FN/c1-8-2-4-9(5-3-8)13-11-7-6-10(11)12/h8-11,13H,2-7H2,1H3/t8?,9?,10-,11-/m1/s1. The summed E-state index contributed by atoms with van der Waals surface area (Å²) in [6.45, 7) is 2.32. The molecule has 2 aliphatic carbocycles. The Hall–Kier alpha value is -0.110. The molecule has 0 aromatic rings. The summed E-state index contributed by atoms with van der Waals surface area (Å²) >= 11 is 0.